The molecule has 0 aliphatic carbocycles. The average Bonchev–Trinajstić information content (AvgIpc) is 2.97. The number of amides is 2. The van der Waals surface area contributed by atoms with Crippen LogP contribution in [0, 0.1) is 0 Å². The van der Waals surface area contributed by atoms with Crippen LogP contribution in [-0.2, 0) is 26.2 Å². The molecular weight excluding hydrogens is 530 g/mol. The van der Waals surface area contributed by atoms with Crippen LogP contribution in [0.1, 0.15) is 32.8 Å². The average molecular weight is 568 g/mol. The Hall–Kier alpha value is -4.05. The van der Waals surface area contributed by atoms with Crippen LogP contribution >= 0.6 is 0 Å². The lowest BCUT2D eigenvalue weighted by Crippen LogP contribution is -2.52. The second kappa shape index (κ2) is 14.4. The molecule has 40 heavy (non-hydrogen) atoms. The maximum atomic E-state index is 14.0. The van der Waals surface area contributed by atoms with Gasteiger partial charge >= 0.3 is 0 Å². The fourth-order valence-electron chi connectivity index (χ4n) is 4.26. The van der Waals surface area contributed by atoms with Crippen LogP contribution in [0.3, 0.4) is 0 Å². The van der Waals surface area contributed by atoms with Gasteiger partial charge < -0.3 is 19.7 Å². The zero-order valence-corrected chi connectivity index (χ0v) is 24.2. The number of nitrogens with zero attached hydrogens (tertiary/aromatic N) is 2. The van der Waals surface area contributed by atoms with E-state index in [1.54, 1.807) is 68.6 Å². The largest absolute Gasteiger partial charge is 0.497 e. The highest BCUT2D eigenvalue weighted by atomic mass is 32.2. The lowest BCUT2D eigenvalue weighted by atomic mass is 10.1. The van der Waals surface area contributed by atoms with Crippen LogP contribution in [0.4, 0.5) is 5.69 Å². The van der Waals surface area contributed by atoms with Crippen molar-refractivity contribution < 1.29 is 27.5 Å². The second-order valence-corrected chi connectivity index (χ2v) is 10.8. The van der Waals surface area contributed by atoms with Crippen molar-refractivity contribution >= 4 is 27.5 Å². The van der Waals surface area contributed by atoms with Gasteiger partial charge in [-0.25, -0.2) is 8.42 Å². The Morgan fingerprint density at radius 2 is 1.50 bits per heavy atom. The number of sulfonamides is 1. The molecule has 0 radical (unpaired) electrons. The quantitative estimate of drug-likeness (QED) is 0.313. The summed E-state index contributed by atoms with van der Waals surface area (Å²) >= 11 is 0. The highest BCUT2D eigenvalue weighted by Gasteiger charge is 2.33. The Balaban J connectivity index is 2.03. The number of likely N-dealkylation sites (N-methyl/N-ethyl adjacent to an activating group) is 1. The lowest BCUT2D eigenvalue weighted by molar-refractivity contribution is -0.140. The second-order valence-electron chi connectivity index (χ2n) is 8.94. The first-order chi connectivity index (χ1) is 19.2. The van der Waals surface area contributed by atoms with Crippen LogP contribution in [0.2, 0.25) is 0 Å². The molecule has 0 bridgehead atoms. The summed E-state index contributed by atoms with van der Waals surface area (Å²) in [5.41, 5.74) is 1.08. The lowest BCUT2D eigenvalue weighted by Gasteiger charge is -2.33. The standard InChI is InChI=1S/C30H37N3O6S/c1-5-28(30(35)31-6-2)32(21-23-13-17-25(38-4)18-14-23)29(34)22-33(24-15-19-26(20-16-24)39-7-3)40(36,37)27-11-9-8-10-12-27/h8-20,28H,5-7,21-22H2,1-4H3,(H,31,35)/t28-/m1/s1. The Morgan fingerprint density at radius 3 is 2.05 bits per heavy atom. The fourth-order valence-corrected chi connectivity index (χ4v) is 5.70. The third-order valence-corrected chi connectivity index (χ3v) is 8.08. The Bertz CT molecular complexity index is 1350. The van der Waals surface area contributed by atoms with Gasteiger partial charge in [0.25, 0.3) is 10.0 Å². The van der Waals surface area contributed by atoms with E-state index in [1.807, 2.05) is 26.0 Å². The van der Waals surface area contributed by atoms with Crippen molar-refractivity contribution in [1.82, 2.24) is 10.2 Å². The van der Waals surface area contributed by atoms with Gasteiger partial charge in [-0.1, -0.05) is 37.3 Å². The first-order valence-corrected chi connectivity index (χ1v) is 14.7. The third kappa shape index (κ3) is 7.53. The van der Waals surface area contributed by atoms with E-state index in [0.717, 1.165) is 9.87 Å². The number of methoxy groups -OCH3 is 1. The van der Waals surface area contributed by atoms with Gasteiger partial charge in [0, 0.05) is 13.1 Å². The Labute approximate surface area is 236 Å². The topological polar surface area (TPSA) is 105 Å². The van der Waals surface area contributed by atoms with Crippen LogP contribution in [0.25, 0.3) is 0 Å². The normalized spacial score (nSPS) is 11.8. The molecule has 10 heteroatoms. The van der Waals surface area contributed by atoms with Crippen LogP contribution < -0.4 is 19.1 Å². The molecule has 0 saturated carbocycles. The number of ether oxygens (including phenoxy) is 2. The zero-order valence-electron chi connectivity index (χ0n) is 23.4. The van der Waals surface area contributed by atoms with Crippen molar-refractivity contribution in [2.75, 3.05) is 31.1 Å². The maximum absolute atomic E-state index is 14.0. The SMILES string of the molecule is CCNC(=O)[C@@H](CC)N(Cc1ccc(OC)cc1)C(=O)CN(c1ccc(OCC)cc1)S(=O)(=O)c1ccccc1. The van der Waals surface area contributed by atoms with Gasteiger partial charge in [0.15, 0.2) is 0 Å². The van der Waals surface area contributed by atoms with Crippen molar-refractivity contribution in [3.63, 3.8) is 0 Å². The minimum atomic E-state index is -4.12. The van der Waals surface area contributed by atoms with Crippen molar-refractivity contribution in [3.05, 3.63) is 84.4 Å². The molecule has 0 aliphatic heterocycles. The predicted octanol–water partition coefficient (Wildman–Crippen LogP) is 4.23. The molecular formula is C30H37N3O6S. The highest BCUT2D eigenvalue weighted by molar-refractivity contribution is 7.92. The number of carbonyl (C=O) groups is 2. The number of carbonyl (C=O) groups excluding carboxylic acids is 2. The van der Waals surface area contributed by atoms with Crippen molar-refractivity contribution in [2.45, 2.75) is 44.7 Å². The molecule has 3 aromatic rings. The van der Waals surface area contributed by atoms with Gasteiger partial charge in [0.2, 0.25) is 11.8 Å². The van der Waals surface area contributed by atoms with Gasteiger partial charge in [-0.2, -0.15) is 0 Å². The van der Waals surface area contributed by atoms with Crippen molar-refractivity contribution in [2.24, 2.45) is 0 Å². The third-order valence-electron chi connectivity index (χ3n) is 6.29. The number of benzene rings is 3. The monoisotopic (exact) mass is 567 g/mol. The highest BCUT2D eigenvalue weighted by Crippen LogP contribution is 2.27. The molecule has 1 N–H and O–H groups in total. The summed E-state index contributed by atoms with van der Waals surface area (Å²) in [5, 5.41) is 2.80. The van der Waals surface area contributed by atoms with Gasteiger partial charge in [0.05, 0.1) is 24.3 Å². The smallest absolute Gasteiger partial charge is 0.264 e. The summed E-state index contributed by atoms with van der Waals surface area (Å²) in [5.74, 6) is 0.429. The van der Waals surface area contributed by atoms with Gasteiger partial charge in [0.1, 0.15) is 24.1 Å². The molecule has 0 aromatic heterocycles. The van der Waals surface area contributed by atoms with Crippen LogP contribution in [-0.4, -0.2) is 58.0 Å². The summed E-state index contributed by atoms with van der Waals surface area (Å²) in [6.07, 6.45) is 0.349. The molecule has 9 nitrogen and oxygen atoms in total. The molecule has 0 saturated heterocycles. The summed E-state index contributed by atoms with van der Waals surface area (Å²) < 4.78 is 39.5. The Morgan fingerprint density at radius 1 is 0.875 bits per heavy atom. The molecule has 0 heterocycles. The van der Waals surface area contributed by atoms with Crippen molar-refractivity contribution in [1.29, 1.82) is 0 Å². The summed E-state index contributed by atoms with van der Waals surface area (Å²) in [6.45, 7) is 5.95. The van der Waals surface area contributed by atoms with E-state index in [1.165, 1.54) is 17.0 Å². The molecule has 3 rings (SSSR count). The first kappa shape index (κ1) is 30.5. The van der Waals surface area contributed by atoms with E-state index in [4.69, 9.17) is 9.47 Å². The van der Waals surface area contributed by atoms with Crippen LogP contribution in [0.5, 0.6) is 11.5 Å². The van der Waals surface area contributed by atoms with Gasteiger partial charge in [-0.05, 0) is 74.4 Å². The van der Waals surface area contributed by atoms with E-state index < -0.39 is 28.5 Å². The number of hydrogen-bond acceptors (Lipinski definition) is 6. The fraction of sp³-hybridized carbons (Fsp3) is 0.333. The Kier molecular flexibility index (Phi) is 11.0. The van der Waals surface area contributed by atoms with Gasteiger partial charge in [-0.15, -0.1) is 0 Å². The van der Waals surface area contributed by atoms with Crippen LogP contribution in [0.15, 0.2) is 83.8 Å². The molecule has 0 unspecified atom stereocenters. The molecule has 1 atom stereocenters. The zero-order chi connectivity index (χ0) is 29.1. The number of nitrogens with one attached hydrogen (secondary N) is 1. The van der Waals surface area contributed by atoms with E-state index in [2.05, 4.69) is 5.32 Å². The molecule has 214 valence electrons. The molecule has 3 aromatic carbocycles. The summed E-state index contributed by atoms with van der Waals surface area (Å²) in [7, 11) is -2.56. The number of anilines is 1. The van der Waals surface area contributed by atoms with E-state index in [0.29, 0.717) is 36.8 Å². The van der Waals surface area contributed by atoms with E-state index in [9.17, 15) is 18.0 Å². The maximum Gasteiger partial charge on any atom is 0.264 e. The van der Waals surface area contributed by atoms with Crippen molar-refractivity contribution in [3.8, 4) is 11.5 Å². The predicted molar refractivity (Wildman–Crippen MR) is 155 cm³/mol. The molecule has 0 aliphatic rings. The molecule has 2 amide bonds. The summed E-state index contributed by atoms with van der Waals surface area (Å²) in [4.78, 5) is 28.5. The van der Waals surface area contributed by atoms with E-state index in [-0.39, 0.29) is 17.3 Å². The molecule has 0 fully saturated rings. The molecule has 0 spiro atoms. The minimum Gasteiger partial charge on any atom is -0.497 e. The van der Waals surface area contributed by atoms with E-state index >= 15 is 0 Å². The number of rotatable bonds is 14. The first-order valence-electron chi connectivity index (χ1n) is 13.3. The number of hydrogen-bond donors (Lipinski definition) is 1. The van der Waals surface area contributed by atoms with Gasteiger partial charge in [-0.3, -0.25) is 13.9 Å². The minimum absolute atomic E-state index is 0.0501. The summed E-state index contributed by atoms with van der Waals surface area (Å²) in [6, 6.07) is 20.9.